The third kappa shape index (κ3) is 5.46. The van der Waals surface area contributed by atoms with Gasteiger partial charge in [-0.2, -0.15) is 13.5 Å². The number of aryl methyl sites for hydroxylation is 4. The average molecular weight is 440 g/mol. The minimum Gasteiger partial charge on any atom is -0.408 e. The number of ether oxygens (including phenoxy) is 1. The number of carbonyl (C=O) groups is 1. The molecule has 0 aliphatic rings. The van der Waals surface area contributed by atoms with Crippen molar-refractivity contribution >= 4 is 16.6 Å². The molecule has 0 radical (unpaired) electrons. The molecule has 2 aromatic carbocycles. The molecule has 0 bridgehead atoms. The monoisotopic (exact) mass is 439 g/mol. The first-order valence-corrected chi connectivity index (χ1v) is 11.1. The second-order valence-electron chi connectivity index (χ2n) is 7.37. The van der Waals surface area contributed by atoms with Gasteiger partial charge >= 0.3 is 16.6 Å². The quantitative estimate of drug-likeness (QED) is 0.555. The maximum atomic E-state index is 11.6. The topological polar surface area (TPSA) is 90.6 Å². The van der Waals surface area contributed by atoms with E-state index in [-0.39, 0.29) is 0 Å². The molecule has 1 aromatic heterocycles. The molecule has 0 spiro atoms. The van der Waals surface area contributed by atoms with Gasteiger partial charge in [-0.3, -0.25) is 0 Å². The van der Waals surface area contributed by atoms with Gasteiger partial charge < -0.3 is 4.74 Å². The zero-order valence-electron chi connectivity index (χ0n) is 18.0. The molecule has 0 saturated carbocycles. The number of benzene rings is 2. The summed E-state index contributed by atoms with van der Waals surface area (Å²) in [7, 11) is -2.84. The second kappa shape index (κ2) is 9.70. The first-order chi connectivity index (χ1) is 14.8. The zero-order valence-corrected chi connectivity index (χ0v) is 18.9. The molecule has 1 heterocycles. The zero-order chi connectivity index (χ0) is 22.5. The van der Waals surface area contributed by atoms with Crippen LogP contribution in [0.15, 0.2) is 46.8 Å². The van der Waals surface area contributed by atoms with Crippen LogP contribution in [0.4, 0.5) is 4.79 Å². The summed E-state index contributed by atoms with van der Waals surface area (Å²) in [4.78, 5) is 11.6. The van der Waals surface area contributed by atoms with E-state index in [1.165, 1.54) is 5.56 Å². The SMILES string of the molecule is CCc1c(C)nn(-c2ccc(CCc3cc(C)ccc3OC(=O)N=S(=O)=O)cc2)c1C. The van der Waals surface area contributed by atoms with Crippen LogP contribution >= 0.6 is 0 Å². The molecule has 162 valence electrons. The van der Waals surface area contributed by atoms with Crippen molar-refractivity contribution in [2.24, 2.45) is 4.36 Å². The fraction of sp³-hybridized carbons (Fsp3) is 0.304. The maximum Gasteiger partial charge on any atom is 0.454 e. The van der Waals surface area contributed by atoms with Crippen LogP contribution in [0.1, 0.15) is 40.6 Å². The van der Waals surface area contributed by atoms with Gasteiger partial charge in [0.25, 0.3) is 0 Å². The molecule has 0 unspecified atom stereocenters. The highest BCUT2D eigenvalue weighted by molar-refractivity contribution is 7.62. The van der Waals surface area contributed by atoms with Crippen LogP contribution in [0.25, 0.3) is 5.69 Å². The van der Waals surface area contributed by atoms with Crippen LogP contribution in [0.3, 0.4) is 0 Å². The Balaban J connectivity index is 1.75. The van der Waals surface area contributed by atoms with Gasteiger partial charge in [-0.15, -0.1) is 0 Å². The lowest BCUT2D eigenvalue weighted by Gasteiger charge is -2.10. The Kier molecular flexibility index (Phi) is 7.02. The standard InChI is InChI=1S/C23H25N3O4S/c1-5-21-16(3)24-26(17(21)4)20-11-8-18(9-12-20)7-10-19-14-15(2)6-13-22(19)30-23(27)25-31(28)29/h6,8-9,11-14H,5,7,10H2,1-4H3. The fourth-order valence-corrected chi connectivity index (χ4v) is 3.86. The Bertz CT molecular complexity index is 1230. The summed E-state index contributed by atoms with van der Waals surface area (Å²) in [6.45, 7) is 8.20. The Morgan fingerprint density at radius 1 is 1.06 bits per heavy atom. The van der Waals surface area contributed by atoms with Crippen LogP contribution in [-0.2, 0) is 29.8 Å². The predicted molar refractivity (Wildman–Crippen MR) is 118 cm³/mol. The molecule has 0 N–H and O–H groups in total. The molecule has 7 nitrogen and oxygen atoms in total. The lowest BCUT2D eigenvalue weighted by Crippen LogP contribution is -2.05. The summed E-state index contributed by atoms with van der Waals surface area (Å²) in [5.41, 5.74) is 7.47. The van der Waals surface area contributed by atoms with Crippen molar-refractivity contribution in [1.29, 1.82) is 0 Å². The molecule has 3 aromatic rings. The number of carbonyl (C=O) groups excluding carboxylic acids is 1. The van der Waals surface area contributed by atoms with Gasteiger partial charge in [0, 0.05) is 5.69 Å². The van der Waals surface area contributed by atoms with Crippen LogP contribution in [0, 0.1) is 20.8 Å². The highest BCUT2D eigenvalue weighted by atomic mass is 32.2. The van der Waals surface area contributed by atoms with Gasteiger partial charge in [0.05, 0.1) is 11.4 Å². The predicted octanol–water partition coefficient (Wildman–Crippen LogP) is 4.71. The summed E-state index contributed by atoms with van der Waals surface area (Å²) in [5, 5.41) is 4.66. The third-order valence-corrected chi connectivity index (χ3v) is 5.52. The van der Waals surface area contributed by atoms with Gasteiger partial charge in [-0.05, 0) is 74.9 Å². The number of amides is 1. The lowest BCUT2D eigenvalue weighted by molar-refractivity contribution is 0.211. The average Bonchev–Trinajstić information content (AvgIpc) is 3.01. The molecule has 3 rings (SSSR count). The molecular formula is C23H25N3O4S. The number of aromatic nitrogens is 2. The van der Waals surface area contributed by atoms with Crippen LogP contribution in [0.2, 0.25) is 0 Å². The van der Waals surface area contributed by atoms with Crippen molar-refractivity contribution in [2.75, 3.05) is 0 Å². The molecule has 0 fully saturated rings. The van der Waals surface area contributed by atoms with E-state index in [4.69, 9.17) is 4.74 Å². The molecular weight excluding hydrogens is 414 g/mol. The number of hydrogen-bond acceptors (Lipinski definition) is 5. The minimum absolute atomic E-state index is 0.316. The molecule has 1 amide bonds. The third-order valence-electron chi connectivity index (χ3n) is 5.22. The molecule has 0 aliphatic carbocycles. The molecule has 0 aliphatic heterocycles. The van der Waals surface area contributed by atoms with Crippen molar-refractivity contribution in [1.82, 2.24) is 9.78 Å². The molecule has 31 heavy (non-hydrogen) atoms. The van der Waals surface area contributed by atoms with E-state index in [9.17, 15) is 13.2 Å². The number of nitrogens with zero attached hydrogens (tertiary/aromatic N) is 3. The second-order valence-corrected chi connectivity index (χ2v) is 7.99. The Morgan fingerprint density at radius 2 is 1.77 bits per heavy atom. The van der Waals surface area contributed by atoms with Gasteiger partial charge in [0.1, 0.15) is 5.75 Å². The van der Waals surface area contributed by atoms with E-state index in [1.807, 2.05) is 36.7 Å². The van der Waals surface area contributed by atoms with Crippen molar-refractivity contribution in [3.8, 4) is 11.4 Å². The Labute approximate surface area is 183 Å². The van der Waals surface area contributed by atoms with Gasteiger partial charge in [-0.1, -0.05) is 41.1 Å². The van der Waals surface area contributed by atoms with Gasteiger partial charge in [0.2, 0.25) is 0 Å². The highest BCUT2D eigenvalue weighted by Crippen LogP contribution is 2.23. The van der Waals surface area contributed by atoms with E-state index >= 15 is 0 Å². The van der Waals surface area contributed by atoms with E-state index in [1.54, 1.807) is 12.1 Å². The lowest BCUT2D eigenvalue weighted by atomic mass is 10.0. The number of hydrogen-bond donors (Lipinski definition) is 0. The maximum absolute atomic E-state index is 11.6. The van der Waals surface area contributed by atoms with E-state index < -0.39 is 16.6 Å². The van der Waals surface area contributed by atoms with Crippen molar-refractivity contribution < 1.29 is 17.9 Å². The van der Waals surface area contributed by atoms with Gasteiger partial charge in [-0.25, -0.2) is 9.48 Å². The first-order valence-electron chi connectivity index (χ1n) is 10.0. The summed E-state index contributed by atoms with van der Waals surface area (Å²) in [5.74, 6) is 0.316. The van der Waals surface area contributed by atoms with Crippen molar-refractivity contribution in [2.45, 2.75) is 47.0 Å². The molecule has 0 saturated heterocycles. The minimum atomic E-state index is -2.84. The van der Waals surface area contributed by atoms with E-state index in [0.29, 0.717) is 12.2 Å². The first kappa shape index (κ1) is 22.4. The Hall–Kier alpha value is -3.26. The van der Waals surface area contributed by atoms with Crippen molar-refractivity contribution in [3.63, 3.8) is 0 Å². The Morgan fingerprint density at radius 3 is 2.39 bits per heavy atom. The van der Waals surface area contributed by atoms with E-state index in [0.717, 1.165) is 46.6 Å². The number of rotatable bonds is 6. The largest absolute Gasteiger partial charge is 0.454 e. The summed E-state index contributed by atoms with van der Waals surface area (Å²) in [6, 6.07) is 13.6. The van der Waals surface area contributed by atoms with E-state index in [2.05, 4.69) is 35.4 Å². The highest BCUT2D eigenvalue weighted by Gasteiger charge is 2.12. The van der Waals surface area contributed by atoms with Crippen LogP contribution in [0.5, 0.6) is 5.75 Å². The normalized spacial score (nSPS) is 10.7. The molecule has 8 heteroatoms. The molecule has 0 atom stereocenters. The summed E-state index contributed by atoms with van der Waals surface area (Å²) < 4.78 is 31.1. The summed E-state index contributed by atoms with van der Waals surface area (Å²) in [6.07, 6.45) is 1.16. The van der Waals surface area contributed by atoms with Crippen LogP contribution in [-0.4, -0.2) is 24.3 Å². The fourth-order valence-electron chi connectivity index (χ4n) is 3.70. The summed E-state index contributed by atoms with van der Waals surface area (Å²) >= 11 is 0. The van der Waals surface area contributed by atoms with Crippen LogP contribution < -0.4 is 4.74 Å². The smallest absolute Gasteiger partial charge is 0.408 e. The van der Waals surface area contributed by atoms with Gasteiger partial charge in [0.15, 0.2) is 0 Å². The van der Waals surface area contributed by atoms with Crippen molar-refractivity contribution in [3.05, 3.63) is 76.1 Å².